The zero-order chi connectivity index (χ0) is 31.3. The number of methoxy groups -OCH3 is 1. The maximum absolute atomic E-state index is 14.6. The van der Waals surface area contributed by atoms with Gasteiger partial charge in [0.05, 0.1) is 36.1 Å². The number of cyclic esters (lactones) is 1. The average molecular weight is 597 g/mol. The van der Waals surface area contributed by atoms with Crippen LogP contribution in [0.3, 0.4) is 0 Å². The molecule has 0 saturated heterocycles. The number of hydrogen-bond acceptors (Lipinski definition) is 9. The lowest BCUT2D eigenvalue weighted by atomic mass is 9.85. The van der Waals surface area contributed by atoms with Gasteiger partial charge in [-0.05, 0) is 51.8 Å². The van der Waals surface area contributed by atoms with Gasteiger partial charge in [0, 0.05) is 35.7 Å². The van der Waals surface area contributed by atoms with Crippen molar-refractivity contribution in [1.29, 1.82) is 0 Å². The van der Waals surface area contributed by atoms with Gasteiger partial charge in [-0.25, -0.2) is 23.8 Å². The third kappa shape index (κ3) is 5.23. The summed E-state index contributed by atoms with van der Waals surface area (Å²) in [6.45, 7) is 8.64. The monoisotopic (exact) mass is 596 g/mol. The minimum atomic E-state index is -1.90. The number of ether oxygens (including phenoxy) is 4. The number of aromatic nitrogens is 2. The Morgan fingerprint density at radius 2 is 1.81 bits per heavy atom. The Morgan fingerprint density at radius 3 is 2.47 bits per heavy atom. The van der Waals surface area contributed by atoms with Crippen LogP contribution >= 0.6 is 0 Å². The van der Waals surface area contributed by atoms with Gasteiger partial charge in [-0.1, -0.05) is 6.92 Å². The Morgan fingerprint density at radius 1 is 1.12 bits per heavy atom. The standard InChI is InChI=1S/C30H33FN4O8/c1-7-30(43-28(39)33-9-8-32-27(38)42-29(3,4)5)19-11-22-24-17(13-35(22)25(36)18(19)14-41-26(30)37)15(2)16-10-23(40-6)20(31)12-21(16)34-24/h10-12H,7-9,13-14H2,1-6H3,(H,32,38)(H,33,39)/t30-/m0/s1. The first-order valence-electron chi connectivity index (χ1n) is 13.8. The van der Waals surface area contributed by atoms with Crippen LogP contribution < -0.4 is 20.9 Å². The Labute approximate surface area is 246 Å². The van der Waals surface area contributed by atoms with Gasteiger partial charge in [-0.15, -0.1) is 0 Å². The summed E-state index contributed by atoms with van der Waals surface area (Å²) in [7, 11) is 1.38. The van der Waals surface area contributed by atoms with E-state index in [9.17, 15) is 23.6 Å². The van der Waals surface area contributed by atoms with Gasteiger partial charge in [-0.3, -0.25) is 4.79 Å². The summed E-state index contributed by atoms with van der Waals surface area (Å²) in [5.74, 6) is -1.31. The number of halogens is 1. The number of nitrogens with one attached hydrogen (secondary N) is 2. The lowest BCUT2D eigenvalue weighted by Gasteiger charge is -2.35. The summed E-state index contributed by atoms with van der Waals surface area (Å²) in [5.41, 5.74) is 0.246. The van der Waals surface area contributed by atoms with Crippen LogP contribution in [-0.2, 0) is 37.8 Å². The molecule has 43 heavy (non-hydrogen) atoms. The topological polar surface area (TPSA) is 147 Å². The van der Waals surface area contributed by atoms with E-state index in [0.717, 1.165) is 11.1 Å². The van der Waals surface area contributed by atoms with Crippen molar-refractivity contribution in [2.45, 2.75) is 65.4 Å². The van der Waals surface area contributed by atoms with Crippen LogP contribution in [0.25, 0.3) is 22.3 Å². The summed E-state index contributed by atoms with van der Waals surface area (Å²) in [4.78, 5) is 56.4. The number of nitrogens with zero attached hydrogens (tertiary/aromatic N) is 2. The second-order valence-electron chi connectivity index (χ2n) is 11.4. The SMILES string of the molecule is CC[C@@]1(OC(=O)NCCNC(=O)OC(C)(C)C)C(=O)OCc2c1cc1n(c2=O)Cc2c-1nc1cc(F)c(OC)cc1c2C. The van der Waals surface area contributed by atoms with Crippen LogP contribution in [0, 0.1) is 12.7 Å². The van der Waals surface area contributed by atoms with Crippen molar-refractivity contribution < 1.29 is 37.7 Å². The number of amides is 2. The first-order chi connectivity index (χ1) is 20.3. The van der Waals surface area contributed by atoms with E-state index in [1.807, 2.05) is 6.92 Å². The molecule has 2 amide bonds. The molecule has 13 heteroatoms. The molecule has 1 atom stereocenters. The molecule has 1 aromatic carbocycles. The molecule has 0 saturated carbocycles. The molecule has 2 aliphatic heterocycles. The summed E-state index contributed by atoms with van der Waals surface area (Å²) in [6.07, 6.45) is -1.61. The maximum Gasteiger partial charge on any atom is 0.408 e. The van der Waals surface area contributed by atoms with Crippen molar-refractivity contribution in [3.05, 3.63) is 56.6 Å². The van der Waals surface area contributed by atoms with Gasteiger partial charge in [-0.2, -0.15) is 0 Å². The molecule has 0 unspecified atom stereocenters. The predicted molar refractivity (Wildman–Crippen MR) is 152 cm³/mol. The highest BCUT2D eigenvalue weighted by molar-refractivity contribution is 5.90. The van der Waals surface area contributed by atoms with E-state index in [2.05, 4.69) is 15.6 Å². The lowest BCUT2D eigenvalue weighted by molar-refractivity contribution is -0.172. The Kier molecular flexibility index (Phi) is 7.53. The molecular weight excluding hydrogens is 563 g/mol. The molecule has 2 aliphatic rings. The number of fused-ring (bicyclic) bond motifs is 5. The van der Waals surface area contributed by atoms with E-state index >= 15 is 0 Å². The largest absolute Gasteiger partial charge is 0.494 e. The van der Waals surface area contributed by atoms with Crippen molar-refractivity contribution in [2.24, 2.45) is 0 Å². The third-order valence-corrected chi connectivity index (χ3v) is 7.54. The first-order valence-corrected chi connectivity index (χ1v) is 13.8. The number of carbonyl (C=O) groups excluding carboxylic acids is 3. The van der Waals surface area contributed by atoms with Crippen LogP contribution in [0.2, 0.25) is 0 Å². The molecule has 4 heterocycles. The number of alkyl carbamates (subject to hydrolysis) is 2. The zero-order valence-electron chi connectivity index (χ0n) is 24.8. The van der Waals surface area contributed by atoms with Crippen LogP contribution in [0.15, 0.2) is 23.0 Å². The fourth-order valence-electron chi connectivity index (χ4n) is 5.43. The minimum absolute atomic E-state index is 0.0163. The smallest absolute Gasteiger partial charge is 0.408 e. The van der Waals surface area contributed by atoms with Gasteiger partial charge >= 0.3 is 18.2 Å². The maximum atomic E-state index is 14.6. The zero-order valence-corrected chi connectivity index (χ0v) is 24.8. The molecule has 3 aromatic rings. The highest BCUT2D eigenvalue weighted by Gasteiger charge is 2.50. The highest BCUT2D eigenvalue weighted by atomic mass is 19.1. The van der Waals surface area contributed by atoms with Crippen molar-refractivity contribution in [3.63, 3.8) is 0 Å². The molecule has 12 nitrogen and oxygen atoms in total. The third-order valence-electron chi connectivity index (χ3n) is 7.54. The molecule has 0 aliphatic carbocycles. The predicted octanol–water partition coefficient (Wildman–Crippen LogP) is 3.79. The number of aryl methyl sites for hydroxylation is 1. The Hall–Kier alpha value is -4.68. The van der Waals surface area contributed by atoms with Gasteiger partial charge in [0.1, 0.15) is 12.2 Å². The molecule has 0 bridgehead atoms. The molecule has 2 aromatic heterocycles. The molecule has 5 rings (SSSR count). The van der Waals surface area contributed by atoms with Crippen molar-refractivity contribution in [3.8, 4) is 17.1 Å². The van der Waals surface area contributed by atoms with Crippen LogP contribution in [0.5, 0.6) is 5.75 Å². The van der Waals surface area contributed by atoms with Gasteiger partial charge < -0.3 is 34.1 Å². The molecule has 228 valence electrons. The second kappa shape index (κ2) is 10.9. The van der Waals surface area contributed by atoms with E-state index in [1.54, 1.807) is 39.8 Å². The number of esters is 1. The summed E-state index contributed by atoms with van der Waals surface area (Å²) in [5, 5.41) is 5.70. The fourth-order valence-corrected chi connectivity index (χ4v) is 5.43. The molecular formula is C30H33FN4O8. The number of carbonyl (C=O) groups is 3. The van der Waals surface area contributed by atoms with Crippen molar-refractivity contribution in [2.75, 3.05) is 20.2 Å². The number of hydrogen-bond donors (Lipinski definition) is 2. The van der Waals surface area contributed by atoms with Crippen LogP contribution in [0.1, 0.15) is 56.4 Å². The molecule has 2 N–H and O–H groups in total. The summed E-state index contributed by atoms with van der Waals surface area (Å²) >= 11 is 0. The van der Waals surface area contributed by atoms with Crippen molar-refractivity contribution in [1.82, 2.24) is 20.2 Å². The van der Waals surface area contributed by atoms with E-state index in [0.29, 0.717) is 22.3 Å². The minimum Gasteiger partial charge on any atom is -0.494 e. The van der Waals surface area contributed by atoms with E-state index in [4.69, 9.17) is 18.9 Å². The molecule has 0 spiro atoms. The normalized spacial score (nSPS) is 17.0. The molecule has 0 fully saturated rings. The Balaban J connectivity index is 1.47. The average Bonchev–Trinajstić information content (AvgIpc) is 3.31. The van der Waals surface area contributed by atoms with E-state index in [-0.39, 0.29) is 49.5 Å². The number of rotatable bonds is 6. The molecule has 0 radical (unpaired) electrons. The van der Waals surface area contributed by atoms with E-state index in [1.165, 1.54) is 17.7 Å². The number of pyridine rings is 2. The second-order valence-corrected chi connectivity index (χ2v) is 11.4. The Bertz CT molecular complexity index is 1730. The quantitative estimate of drug-likeness (QED) is 0.193. The van der Waals surface area contributed by atoms with Gasteiger partial charge in [0.15, 0.2) is 11.6 Å². The number of benzene rings is 1. The van der Waals surface area contributed by atoms with Gasteiger partial charge in [0.25, 0.3) is 5.56 Å². The van der Waals surface area contributed by atoms with Crippen molar-refractivity contribution >= 4 is 29.1 Å². The first kappa shape index (κ1) is 29.8. The van der Waals surface area contributed by atoms with Crippen LogP contribution in [-0.4, -0.2) is 53.5 Å². The summed E-state index contributed by atoms with van der Waals surface area (Å²) < 4.78 is 37.4. The van der Waals surface area contributed by atoms with Gasteiger partial charge in [0.2, 0.25) is 5.60 Å². The lowest BCUT2D eigenvalue weighted by Crippen LogP contribution is -2.49. The fraction of sp³-hybridized carbons (Fsp3) is 0.433. The summed E-state index contributed by atoms with van der Waals surface area (Å²) in [6, 6.07) is 4.48. The van der Waals surface area contributed by atoms with E-state index < -0.39 is 40.7 Å². The highest BCUT2D eigenvalue weighted by Crippen LogP contribution is 2.42. The van der Waals surface area contributed by atoms with Crippen LogP contribution in [0.4, 0.5) is 14.0 Å².